The fourth-order valence-corrected chi connectivity index (χ4v) is 2.39. The van der Waals surface area contributed by atoms with Crippen LogP contribution in [0.15, 0.2) is 0 Å². The van der Waals surface area contributed by atoms with Gasteiger partial charge in [-0.25, -0.2) is 0 Å². The Labute approximate surface area is 92.8 Å². The number of esters is 1. The van der Waals surface area contributed by atoms with Crippen LogP contribution in [0, 0.1) is 5.92 Å². The Morgan fingerprint density at radius 1 is 1.33 bits per heavy atom. The molecule has 0 amide bonds. The first-order valence-electron chi connectivity index (χ1n) is 5.94. The fraction of sp³-hybridized carbons (Fsp3) is 0.917. The quantitative estimate of drug-likeness (QED) is 0.669. The zero-order chi connectivity index (χ0) is 11.3. The number of hydrogen-bond acceptors (Lipinski definition) is 3. The second-order valence-corrected chi connectivity index (χ2v) is 4.57. The van der Waals surface area contributed by atoms with E-state index in [2.05, 4.69) is 16.6 Å². The van der Waals surface area contributed by atoms with E-state index in [-0.39, 0.29) is 5.97 Å². The van der Waals surface area contributed by atoms with Crippen molar-refractivity contribution in [2.24, 2.45) is 5.92 Å². The van der Waals surface area contributed by atoms with E-state index in [1.807, 2.05) is 7.05 Å². The van der Waals surface area contributed by atoms with Gasteiger partial charge in [-0.1, -0.05) is 13.3 Å². The molecule has 0 aromatic carbocycles. The normalized spacial score (nSPS) is 26.7. The van der Waals surface area contributed by atoms with E-state index < -0.39 is 0 Å². The van der Waals surface area contributed by atoms with E-state index in [4.69, 9.17) is 0 Å². The molecule has 0 N–H and O–H groups in total. The van der Waals surface area contributed by atoms with E-state index in [1.165, 1.54) is 39.2 Å². The molecule has 0 unspecified atom stereocenters. The summed E-state index contributed by atoms with van der Waals surface area (Å²) in [5, 5.41) is 0. The van der Waals surface area contributed by atoms with Crippen LogP contribution < -0.4 is 0 Å². The van der Waals surface area contributed by atoms with Gasteiger partial charge >= 0.3 is 5.97 Å². The summed E-state index contributed by atoms with van der Waals surface area (Å²) in [5.74, 6) is 0.780. The molecule has 0 aromatic rings. The van der Waals surface area contributed by atoms with Gasteiger partial charge in [0.2, 0.25) is 0 Å². The third-order valence-corrected chi connectivity index (χ3v) is 3.62. The second kappa shape index (κ2) is 6.11. The van der Waals surface area contributed by atoms with Crippen molar-refractivity contribution in [2.75, 3.05) is 20.7 Å². The molecule has 0 bridgehead atoms. The average molecular weight is 213 g/mol. The summed E-state index contributed by atoms with van der Waals surface area (Å²) >= 11 is 0. The zero-order valence-corrected chi connectivity index (χ0v) is 10.2. The molecule has 1 aliphatic rings. The van der Waals surface area contributed by atoms with Crippen LogP contribution in [0.3, 0.4) is 0 Å². The largest absolute Gasteiger partial charge is 0.468 e. The van der Waals surface area contributed by atoms with Gasteiger partial charge in [0.15, 0.2) is 0 Å². The summed E-state index contributed by atoms with van der Waals surface area (Å²) in [7, 11) is 3.47. The third kappa shape index (κ3) is 3.82. The smallest absolute Gasteiger partial charge is 0.319 e. The maximum absolute atomic E-state index is 11.1. The van der Waals surface area contributed by atoms with Gasteiger partial charge in [-0.15, -0.1) is 0 Å². The van der Waals surface area contributed by atoms with E-state index in [1.54, 1.807) is 0 Å². The van der Waals surface area contributed by atoms with Crippen LogP contribution in [0.4, 0.5) is 0 Å². The minimum Gasteiger partial charge on any atom is -0.468 e. The molecule has 1 rings (SSSR count). The highest BCUT2D eigenvalue weighted by Crippen LogP contribution is 2.28. The van der Waals surface area contributed by atoms with Crippen LogP contribution in [0.25, 0.3) is 0 Å². The van der Waals surface area contributed by atoms with Gasteiger partial charge in [0.05, 0.1) is 13.7 Å². The van der Waals surface area contributed by atoms with Crippen LogP contribution in [0.1, 0.15) is 39.0 Å². The minimum absolute atomic E-state index is 0.130. The molecule has 15 heavy (non-hydrogen) atoms. The zero-order valence-electron chi connectivity index (χ0n) is 10.2. The van der Waals surface area contributed by atoms with Crippen LogP contribution >= 0.6 is 0 Å². The lowest BCUT2D eigenvalue weighted by atomic mass is 9.84. The molecule has 1 aliphatic carbocycles. The molecule has 0 atom stereocenters. The Hall–Kier alpha value is -0.570. The van der Waals surface area contributed by atoms with Gasteiger partial charge in [0, 0.05) is 6.04 Å². The Balaban J connectivity index is 2.29. The minimum atomic E-state index is -0.130. The van der Waals surface area contributed by atoms with Crippen molar-refractivity contribution in [1.29, 1.82) is 0 Å². The molecule has 1 saturated carbocycles. The molecule has 1 fully saturated rings. The van der Waals surface area contributed by atoms with Crippen LogP contribution in [-0.2, 0) is 9.53 Å². The third-order valence-electron chi connectivity index (χ3n) is 3.62. The Bertz CT molecular complexity index is 198. The first-order chi connectivity index (χ1) is 7.17. The summed E-state index contributed by atoms with van der Waals surface area (Å²) in [4.78, 5) is 13.3. The van der Waals surface area contributed by atoms with Crippen LogP contribution in [-0.4, -0.2) is 37.6 Å². The average Bonchev–Trinajstić information content (AvgIpc) is 2.29. The molecule has 0 radical (unpaired) electrons. The molecule has 88 valence electrons. The number of hydrogen-bond donors (Lipinski definition) is 0. The predicted octanol–water partition coefficient (Wildman–Crippen LogP) is 2.06. The first kappa shape index (κ1) is 12.5. The van der Waals surface area contributed by atoms with Crippen LogP contribution in [0.2, 0.25) is 0 Å². The first-order valence-corrected chi connectivity index (χ1v) is 5.94. The number of methoxy groups -OCH3 is 1. The van der Waals surface area contributed by atoms with Crippen molar-refractivity contribution < 1.29 is 9.53 Å². The fourth-order valence-electron chi connectivity index (χ4n) is 2.39. The lowest BCUT2D eigenvalue weighted by Crippen LogP contribution is -2.38. The molecule has 3 heteroatoms. The summed E-state index contributed by atoms with van der Waals surface area (Å²) in [6.45, 7) is 2.70. The van der Waals surface area contributed by atoms with Crippen molar-refractivity contribution in [3.05, 3.63) is 0 Å². The van der Waals surface area contributed by atoms with Crippen LogP contribution in [0.5, 0.6) is 0 Å². The van der Waals surface area contributed by atoms with Crippen molar-refractivity contribution in [3.63, 3.8) is 0 Å². The van der Waals surface area contributed by atoms with E-state index in [0.29, 0.717) is 12.6 Å². The van der Waals surface area contributed by atoms with E-state index in [0.717, 1.165) is 5.92 Å². The summed E-state index contributed by atoms with van der Waals surface area (Å²) in [6, 6.07) is 0.576. The van der Waals surface area contributed by atoms with E-state index >= 15 is 0 Å². The summed E-state index contributed by atoms with van der Waals surface area (Å²) in [6.07, 6.45) is 6.38. The number of likely N-dealkylation sites (N-methyl/N-ethyl adjacent to an activating group) is 1. The van der Waals surface area contributed by atoms with Crippen molar-refractivity contribution in [2.45, 2.75) is 45.1 Å². The molecule has 3 nitrogen and oxygen atoms in total. The SMILES string of the molecule is CCC1CCC(N(C)CC(=O)OC)CC1. The Morgan fingerprint density at radius 3 is 2.40 bits per heavy atom. The number of carbonyl (C=O) groups excluding carboxylic acids is 1. The maximum atomic E-state index is 11.1. The highest BCUT2D eigenvalue weighted by Gasteiger charge is 2.24. The molecule has 0 heterocycles. The molecular weight excluding hydrogens is 190 g/mol. The highest BCUT2D eigenvalue weighted by atomic mass is 16.5. The van der Waals surface area contributed by atoms with Gasteiger partial charge in [-0.05, 0) is 38.6 Å². The number of ether oxygens (including phenoxy) is 1. The van der Waals surface area contributed by atoms with Crippen molar-refractivity contribution in [3.8, 4) is 0 Å². The van der Waals surface area contributed by atoms with Gasteiger partial charge in [0.25, 0.3) is 0 Å². The maximum Gasteiger partial charge on any atom is 0.319 e. The predicted molar refractivity (Wildman–Crippen MR) is 60.7 cm³/mol. The lowest BCUT2D eigenvalue weighted by Gasteiger charge is -2.33. The molecular formula is C12H23NO2. The molecule has 0 aromatic heterocycles. The molecule has 0 aliphatic heterocycles. The number of nitrogens with zero attached hydrogens (tertiary/aromatic N) is 1. The monoisotopic (exact) mass is 213 g/mol. The van der Waals surface area contributed by atoms with Crippen molar-refractivity contribution in [1.82, 2.24) is 4.90 Å². The number of carbonyl (C=O) groups is 1. The molecule has 0 spiro atoms. The summed E-state index contributed by atoms with van der Waals surface area (Å²) < 4.78 is 4.67. The van der Waals surface area contributed by atoms with Gasteiger partial charge < -0.3 is 4.74 Å². The lowest BCUT2D eigenvalue weighted by molar-refractivity contribution is -0.142. The highest BCUT2D eigenvalue weighted by molar-refractivity contribution is 5.71. The second-order valence-electron chi connectivity index (χ2n) is 4.57. The number of rotatable bonds is 4. The Kier molecular flexibility index (Phi) is 5.09. The van der Waals surface area contributed by atoms with E-state index in [9.17, 15) is 4.79 Å². The van der Waals surface area contributed by atoms with Gasteiger partial charge in [-0.2, -0.15) is 0 Å². The Morgan fingerprint density at radius 2 is 1.93 bits per heavy atom. The topological polar surface area (TPSA) is 29.5 Å². The van der Waals surface area contributed by atoms with Gasteiger partial charge in [-0.3, -0.25) is 9.69 Å². The van der Waals surface area contributed by atoms with Gasteiger partial charge in [0.1, 0.15) is 0 Å². The standard InChI is InChI=1S/C12H23NO2/c1-4-10-5-7-11(8-6-10)13(2)9-12(14)15-3/h10-11H,4-9H2,1-3H3. The summed E-state index contributed by atoms with van der Waals surface area (Å²) in [5.41, 5.74) is 0. The molecule has 0 saturated heterocycles. The van der Waals surface area contributed by atoms with Crippen molar-refractivity contribution >= 4 is 5.97 Å².